The first kappa shape index (κ1) is 24.1. The molecule has 2 heterocycles. The maximum atomic E-state index is 13.8. The third-order valence-electron chi connectivity index (χ3n) is 5.53. The van der Waals surface area contributed by atoms with Crippen LogP contribution in [-0.4, -0.2) is 46.3 Å². The number of likely N-dealkylation sites (tertiary alicyclic amines) is 1. The van der Waals surface area contributed by atoms with E-state index in [-0.39, 0.29) is 12.5 Å². The molecule has 0 saturated carbocycles. The highest BCUT2D eigenvalue weighted by atomic mass is 19.4. The average molecular weight is 462 g/mol. The van der Waals surface area contributed by atoms with Gasteiger partial charge in [0.25, 0.3) is 5.91 Å². The molecule has 2 aromatic rings. The van der Waals surface area contributed by atoms with Crippen molar-refractivity contribution in [1.82, 2.24) is 20.0 Å². The smallest absolute Gasteiger partial charge is 0.352 e. The summed E-state index contributed by atoms with van der Waals surface area (Å²) in [6, 6.07) is 3.70. The van der Waals surface area contributed by atoms with Gasteiger partial charge in [0, 0.05) is 19.1 Å². The van der Waals surface area contributed by atoms with Crippen LogP contribution in [-0.2, 0) is 12.4 Å². The number of nitrogens with zero attached hydrogens (tertiary/aromatic N) is 3. The Balaban J connectivity index is 1.84. The van der Waals surface area contributed by atoms with Gasteiger partial charge in [-0.25, -0.2) is 4.68 Å². The zero-order chi connectivity index (χ0) is 23.7. The van der Waals surface area contributed by atoms with Crippen LogP contribution in [0.3, 0.4) is 0 Å². The summed E-state index contributed by atoms with van der Waals surface area (Å²) < 4.78 is 80.6. The maximum absolute atomic E-state index is 13.8. The Labute approximate surface area is 181 Å². The number of hydrogen-bond donors (Lipinski definition) is 1. The van der Waals surface area contributed by atoms with E-state index >= 15 is 0 Å². The Kier molecular flexibility index (Phi) is 6.87. The molecule has 1 N–H and O–H groups in total. The number of nitrogens with one attached hydrogen (secondary N) is 1. The summed E-state index contributed by atoms with van der Waals surface area (Å²) in [4.78, 5) is 14.8. The predicted octanol–water partition coefficient (Wildman–Crippen LogP) is 4.76. The topological polar surface area (TPSA) is 50.2 Å². The van der Waals surface area contributed by atoms with Crippen LogP contribution in [0.25, 0.3) is 5.69 Å². The van der Waals surface area contributed by atoms with Gasteiger partial charge in [-0.05, 0) is 57.4 Å². The lowest BCUT2D eigenvalue weighted by Gasteiger charge is -2.35. The molecular formula is C21H24F6N4O. The van der Waals surface area contributed by atoms with Crippen LogP contribution in [0.2, 0.25) is 0 Å². The van der Waals surface area contributed by atoms with E-state index in [0.29, 0.717) is 16.8 Å². The van der Waals surface area contributed by atoms with Gasteiger partial charge in [0.05, 0.1) is 23.0 Å². The zero-order valence-electron chi connectivity index (χ0n) is 17.6. The summed E-state index contributed by atoms with van der Waals surface area (Å²) in [6.07, 6.45) is -7.22. The summed E-state index contributed by atoms with van der Waals surface area (Å²) in [6.45, 7) is 5.98. The number of aromatic nitrogens is 2. The van der Waals surface area contributed by atoms with Crippen molar-refractivity contribution in [3.05, 3.63) is 47.3 Å². The molecule has 1 fully saturated rings. The lowest BCUT2D eigenvalue weighted by molar-refractivity contribution is -0.143. The third-order valence-corrected chi connectivity index (χ3v) is 5.53. The van der Waals surface area contributed by atoms with Crippen LogP contribution in [0, 0.1) is 5.92 Å². The van der Waals surface area contributed by atoms with E-state index in [1.54, 1.807) is 0 Å². The lowest BCUT2D eigenvalue weighted by Crippen LogP contribution is -2.43. The minimum Gasteiger partial charge on any atom is -0.352 e. The normalized spacial score (nSPS) is 18.2. The molecule has 1 atom stereocenters. The number of rotatable bonds is 5. The fourth-order valence-electron chi connectivity index (χ4n) is 3.86. The third kappa shape index (κ3) is 5.43. The highest BCUT2D eigenvalue weighted by Gasteiger charge is 2.41. The number of amides is 1. The summed E-state index contributed by atoms with van der Waals surface area (Å²) in [5.41, 5.74) is -3.70. The first-order chi connectivity index (χ1) is 14.9. The van der Waals surface area contributed by atoms with Gasteiger partial charge >= 0.3 is 12.4 Å². The molecular weight excluding hydrogens is 438 g/mol. The second kappa shape index (κ2) is 9.13. The molecule has 0 radical (unpaired) electrons. The molecule has 1 saturated heterocycles. The van der Waals surface area contributed by atoms with Gasteiger partial charge < -0.3 is 10.2 Å². The van der Waals surface area contributed by atoms with E-state index in [1.165, 1.54) is 0 Å². The minimum atomic E-state index is -5.00. The standard InChI is InChI=1S/C21H24F6N4O/c1-13(2)30-8-4-5-14(12-30)10-28-19(32)17-11-29-31(18(17)21(25,26)27)16-7-3-6-15(9-16)20(22,23)24/h3,6-7,9,11,13-14H,4-5,8,10,12H2,1-2H3,(H,28,32)/t14-/m0/s1. The quantitative estimate of drug-likeness (QED) is 0.652. The SMILES string of the molecule is CC(C)N1CCC[C@@H](CNC(=O)c2cnn(-c3cccc(C(F)(F)F)c3)c2C(F)(F)F)C1. The van der Waals surface area contributed by atoms with Gasteiger partial charge in [-0.3, -0.25) is 4.79 Å². The van der Waals surface area contributed by atoms with E-state index in [1.807, 2.05) is 0 Å². The molecule has 1 aromatic heterocycles. The van der Waals surface area contributed by atoms with Crippen LogP contribution in [0.15, 0.2) is 30.5 Å². The van der Waals surface area contributed by atoms with Gasteiger partial charge in [0.2, 0.25) is 0 Å². The summed E-state index contributed by atoms with van der Waals surface area (Å²) >= 11 is 0. The number of alkyl halides is 6. The molecule has 1 amide bonds. The van der Waals surface area contributed by atoms with Crippen LogP contribution >= 0.6 is 0 Å². The maximum Gasteiger partial charge on any atom is 0.434 e. The number of halogens is 6. The van der Waals surface area contributed by atoms with Gasteiger partial charge in [-0.2, -0.15) is 31.4 Å². The van der Waals surface area contributed by atoms with Gasteiger partial charge in [0.1, 0.15) is 0 Å². The second-order valence-electron chi connectivity index (χ2n) is 8.17. The minimum absolute atomic E-state index is 0.1000. The molecule has 32 heavy (non-hydrogen) atoms. The second-order valence-corrected chi connectivity index (χ2v) is 8.17. The molecule has 3 rings (SSSR count). The first-order valence-electron chi connectivity index (χ1n) is 10.2. The largest absolute Gasteiger partial charge is 0.434 e. The Hall–Kier alpha value is -2.56. The molecule has 1 aromatic carbocycles. The molecule has 1 aliphatic rings. The molecule has 0 unspecified atom stereocenters. The summed E-state index contributed by atoms with van der Waals surface area (Å²) in [7, 11) is 0. The predicted molar refractivity (Wildman–Crippen MR) is 105 cm³/mol. The van der Waals surface area contributed by atoms with Gasteiger partial charge in [0.15, 0.2) is 5.69 Å². The van der Waals surface area contributed by atoms with E-state index in [0.717, 1.165) is 50.3 Å². The molecule has 11 heteroatoms. The Morgan fingerprint density at radius 3 is 2.53 bits per heavy atom. The summed E-state index contributed by atoms with van der Waals surface area (Å²) in [5, 5.41) is 6.13. The highest BCUT2D eigenvalue weighted by molar-refractivity contribution is 5.95. The number of hydrogen-bond acceptors (Lipinski definition) is 3. The molecule has 0 aliphatic carbocycles. The van der Waals surface area contributed by atoms with Crippen LogP contribution in [0.5, 0.6) is 0 Å². The van der Waals surface area contributed by atoms with Crippen molar-refractivity contribution >= 4 is 5.91 Å². The molecule has 5 nitrogen and oxygen atoms in total. The van der Waals surface area contributed by atoms with E-state index < -0.39 is 40.8 Å². The van der Waals surface area contributed by atoms with E-state index in [4.69, 9.17) is 0 Å². The Morgan fingerprint density at radius 2 is 1.91 bits per heavy atom. The van der Waals surface area contributed by atoms with Crippen molar-refractivity contribution in [3.8, 4) is 5.69 Å². The van der Waals surface area contributed by atoms with Gasteiger partial charge in [-0.1, -0.05) is 6.07 Å². The monoisotopic (exact) mass is 462 g/mol. The fraction of sp³-hybridized carbons (Fsp3) is 0.524. The van der Waals surface area contributed by atoms with Crippen LogP contribution < -0.4 is 5.32 Å². The number of carbonyl (C=O) groups is 1. The van der Waals surface area contributed by atoms with Crippen molar-refractivity contribution in [3.63, 3.8) is 0 Å². The van der Waals surface area contributed by atoms with Crippen LogP contribution in [0.1, 0.15) is 48.3 Å². The number of benzene rings is 1. The van der Waals surface area contributed by atoms with E-state index in [9.17, 15) is 31.1 Å². The number of carbonyl (C=O) groups excluding carboxylic acids is 1. The highest BCUT2D eigenvalue weighted by Crippen LogP contribution is 2.35. The zero-order valence-corrected chi connectivity index (χ0v) is 17.6. The van der Waals surface area contributed by atoms with Crippen molar-refractivity contribution in [2.45, 2.75) is 45.1 Å². The molecule has 176 valence electrons. The average Bonchev–Trinajstić information content (AvgIpc) is 3.17. The van der Waals surface area contributed by atoms with Crippen molar-refractivity contribution in [2.24, 2.45) is 5.92 Å². The number of piperidine rings is 1. The Morgan fingerprint density at radius 1 is 1.19 bits per heavy atom. The fourth-order valence-corrected chi connectivity index (χ4v) is 3.86. The molecule has 0 spiro atoms. The molecule has 1 aliphatic heterocycles. The first-order valence-corrected chi connectivity index (χ1v) is 10.2. The van der Waals surface area contributed by atoms with Gasteiger partial charge in [-0.15, -0.1) is 0 Å². The van der Waals surface area contributed by atoms with Crippen molar-refractivity contribution in [1.29, 1.82) is 0 Å². The lowest BCUT2D eigenvalue weighted by atomic mass is 9.97. The summed E-state index contributed by atoms with van der Waals surface area (Å²) in [5.74, 6) is -0.861. The van der Waals surface area contributed by atoms with Crippen LogP contribution in [0.4, 0.5) is 26.3 Å². The molecule has 0 bridgehead atoms. The van der Waals surface area contributed by atoms with E-state index in [2.05, 4.69) is 29.2 Å². The van der Waals surface area contributed by atoms with Crippen molar-refractivity contribution in [2.75, 3.05) is 19.6 Å². The van der Waals surface area contributed by atoms with Crippen molar-refractivity contribution < 1.29 is 31.1 Å². The Bertz CT molecular complexity index is 950.